The van der Waals surface area contributed by atoms with Crippen molar-refractivity contribution in [1.29, 1.82) is 0 Å². The van der Waals surface area contributed by atoms with Crippen molar-refractivity contribution >= 4 is 5.96 Å². The zero-order valence-electron chi connectivity index (χ0n) is 16.6. The predicted octanol–water partition coefficient (Wildman–Crippen LogP) is 3.01. The van der Waals surface area contributed by atoms with E-state index in [0.717, 1.165) is 12.4 Å². The van der Waals surface area contributed by atoms with Crippen LogP contribution >= 0.6 is 0 Å². The second-order valence-electron chi connectivity index (χ2n) is 6.52. The number of nitrogens with zero attached hydrogens (tertiary/aromatic N) is 3. The van der Waals surface area contributed by atoms with Crippen molar-refractivity contribution in [3.05, 3.63) is 42.0 Å². The third kappa shape index (κ3) is 6.40. The molecule has 1 aromatic carbocycles. The van der Waals surface area contributed by atoms with Gasteiger partial charge in [0.1, 0.15) is 17.3 Å². The normalized spacial score (nSPS) is 11.8. The summed E-state index contributed by atoms with van der Waals surface area (Å²) < 4.78 is 37.1. The van der Waals surface area contributed by atoms with Crippen LogP contribution in [-0.4, -0.2) is 36.3 Å². The number of hydrogen-bond donors (Lipinski definition) is 2. The first-order valence-corrected chi connectivity index (χ1v) is 8.99. The average molecular weight is 395 g/mol. The van der Waals surface area contributed by atoms with Crippen LogP contribution in [0.4, 0.5) is 8.78 Å². The number of benzene rings is 1. The molecule has 0 radical (unpaired) electrons. The van der Waals surface area contributed by atoms with Crippen molar-refractivity contribution in [1.82, 2.24) is 20.2 Å². The van der Waals surface area contributed by atoms with Gasteiger partial charge in [0, 0.05) is 38.1 Å². The van der Waals surface area contributed by atoms with E-state index >= 15 is 0 Å². The summed E-state index contributed by atoms with van der Waals surface area (Å²) in [5, 5.41) is 6.27. The molecule has 28 heavy (non-hydrogen) atoms. The molecule has 0 atom stereocenters. The standard InChI is InChI=1S/C19H27F2N5O2/c1-13(2)12-26-8-7-23-17(26)11-25-19(22-3)24-10-14-9-15(27-4)5-6-16(14)28-18(20)21/h5-9,13,18H,10-12H2,1-4H3,(H2,22,24,25). The van der Waals surface area contributed by atoms with E-state index in [4.69, 9.17) is 4.74 Å². The minimum Gasteiger partial charge on any atom is -0.497 e. The second kappa shape index (κ2) is 10.5. The van der Waals surface area contributed by atoms with E-state index < -0.39 is 6.61 Å². The maximum atomic E-state index is 12.6. The monoisotopic (exact) mass is 395 g/mol. The van der Waals surface area contributed by atoms with Crippen molar-refractivity contribution in [2.24, 2.45) is 10.9 Å². The van der Waals surface area contributed by atoms with Gasteiger partial charge in [-0.25, -0.2) is 4.98 Å². The smallest absolute Gasteiger partial charge is 0.387 e. The van der Waals surface area contributed by atoms with Gasteiger partial charge in [-0.15, -0.1) is 0 Å². The molecule has 2 rings (SSSR count). The summed E-state index contributed by atoms with van der Waals surface area (Å²) >= 11 is 0. The Morgan fingerprint density at radius 2 is 2.00 bits per heavy atom. The molecule has 154 valence electrons. The zero-order valence-corrected chi connectivity index (χ0v) is 16.6. The maximum absolute atomic E-state index is 12.6. The van der Waals surface area contributed by atoms with Gasteiger partial charge in [-0.05, 0) is 24.1 Å². The number of imidazole rings is 1. The van der Waals surface area contributed by atoms with Crippen LogP contribution in [0.25, 0.3) is 0 Å². The molecule has 7 nitrogen and oxygen atoms in total. The fourth-order valence-electron chi connectivity index (χ4n) is 2.66. The summed E-state index contributed by atoms with van der Waals surface area (Å²) in [5.41, 5.74) is 0.531. The number of hydrogen-bond acceptors (Lipinski definition) is 4. The van der Waals surface area contributed by atoms with Gasteiger partial charge in [0.05, 0.1) is 13.7 Å². The number of nitrogens with one attached hydrogen (secondary N) is 2. The average Bonchev–Trinajstić information content (AvgIpc) is 3.08. The molecule has 0 amide bonds. The van der Waals surface area contributed by atoms with E-state index in [-0.39, 0.29) is 12.3 Å². The van der Waals surface area contributed by atoms with Crippen LogP contribution in [0.3, 0.4) is 0 Å². The Morgan fingerprint density at radius 3 is 2.64 bits per heavy atom. The molecule has 0 saturated carbocycles. The summed E-state index contributed by atoms with van der Waals surface area (Å²) in [6, 6.07) is 4.68. The fourth-order valence-corrected chi connectivity index (χ4v) is 2.66. The maximum Gasteiger partial charge on any atom is 0.387 e. The van der Waals surface area contributed by atoms with Crippen molar-refractivity contribution < 1.29 is 18.3 Å². The summed E-state index contributed by atoms with van der Waals surface area (Å²) in [5.74, 6) is 2.56. The van der Waals surface area contributed by atoms with E-state index in [0.29, 0.717) is 29.7 Å². The molecule has 0 aliphatic heterocycles. The first kappa shape index (κ1) is 21.5. The number of halogens is 2. The lowest BCUT2D eigenvalue weighted by Gasteiger charge is -2.16. The number of alkyl halides is 2. The number of methoxy groups -OCH3 is 1. The van der Waals surface area contributed by atoms with E-state index in [1.165, 1.54) is 13.2 Å². The lowest BCUT2D eigenvalue weighted by atomic mass is 10.2. The first-order chi connectivity index (χ1) is 13.4. The van der Waals surface area contributed by atoms with Crippen LogP contribution in [0.15, 0.2) is 35.6 Å². The highest BCUT2D eigenvalue weighted by atomic mass is 19.3. The third-order valence-electron chi connectivity index (χ3n) is 3.93. The minimum absolute atomic E-state index is 0.0891. The van der Waals surface area contributed by atoms with Crippen molar-refractivity contribution in [2.45, 2.75) is 40.1 Å². The molecule has 9 heteroatoms. The first-order valence-electron chi connectivity index (χ1n) is 8.99. The number of guanidine groups is 1. The van der Waals surface area contributed by atoms with Crippen LogP contribution in [0.5, 0.6) is 11.5 Å². The molecule has 1 aromatic heterocycles. The van der Waals surface area contributed by atoms with Crippen LogP contribution in [0.2, 0.25) is 0 Å². The Hall–Kier alpha value is -2.84. The molecular weight excluding hydrogens is 368 g/mol. The van der Waals surface area contributed by atoms with Crippen LogP contribution in [-0.2, 0) is 19.6 Å². The summed E-state index contributed by atoms with van der Waals surface area (Å²) in [6.45, 7) is 2.98. The number of aromatic nitrogens is 2. The van der Waals surface area contributed by atoms with E-state index in [1.54, 1.807) is 25.4 Å². The molecule has 2 N–H and O–H groups in total. The summed E-state index contributed by atoms with van der Waals surface area (Å²) in [6.07, 6.45) is 3.71. The molecule has 1 heterocycles. The number of rotatable bonds is 9. The number of ether oxygens (including phenoxy) is 2. The molecule has 0 aliphatic rings. The third-order valence-corrected chi connectivity index (χ3v) is 3.93. The number of aliphatic imine (C=N–C) groups is 1. The van der Waals surface area contributed by atoms with Crippen molar-refractivity contribution in [3.63, 3.8) is 0 Å². The highest BCUT2D eigenvalue weighted by molar-refractivity contribution is 5.79. The van der Waals surface area contributed by atoms with E-state index in [9.17, 15) is 8.78 Å². The lowest BCUT2D eigenvalue weighted by molar-refractivity contribution is -0.0504. The summed E-state index contributed by atoms with van der Waals surface area (Å²) in [4.78, 5) is 8.52. The largest absolute Gasteiger partial charge is 0.497 e. The van der Waals surface area contributed by atoms with Gasteiger partial charge >= 0.3 is 6.61 Å². The Bertz CT molecular complexity index is 777. The van der Waals surface area contributed by atoms with Gasteiger partial charge in [0.25, 0.3) is 0 Å². The molecule has 0 saturated heterocycles. The van der Waals surface area contributed by atoms with Gasteiger partial charge in [-0.1, -0.05) is 13.8 Å². The Morgan fingerprint density at radius 1 is 1.25 bits per heavy atom. The molecule has 0 aliphatic carbocycles. The highest BCUT2D eigenvalue weighted by Crippen LogP contribution is 2.25. The molecule has 0 unspecified atom stereocenters. The Balaban J connectivity index is 2.00. The topological polar surface area (TPSA) is 72.7 Å². The van der Waals surface area contributed by atoms with Crippen molar-refractivity contribution in [3.8, 4) is 11.5 Å². The fraction of sp³-hybridized carbons (Fsp3) is 0.474. The predicted molar refractivity (Wildman–Crippen MR) is 104 cm³/mol. The zero-order chi connectivity index (χ0) is 20.5. The lowest BCUT2D eigenvalue weighted by Crippen LogP contribution is -2.37. The Kier molecular flexibility index (Phi) is 8.03. The second-order valence-corrected chi connectivity index (χ2v) is 6.52. The molecule has 0 spiro atoms. The van der Waals surface area contributed by atoms with E-state index in [2.05, 4.69) is 43.8 Å². The van der Waals surface area contributed by atoms with Crippen LogP contribution in [0.1, 0.15) is 25.2 Å². The highest BCUT2D eigenvalue weighted by Gasteiger charge is 2.12. The van der Waals surface area contributed by atoms with Gasteiger partial charge < -0.3 is 24.7 Å². The summed E-state index contributed by atoms with van der Waals surface area (Å²) in [7, 11) is 3.15. The van der Waals surface area contributed by atoms with Gasteiger partial charge in [-0.2, -0.15) is 8.78 Å². The van der Waals surface area contributed by atoms with Gasteiger partial charge in [0.15, 0.2) is 5.96 Å². The SMILES string of the molecule is CN=C(NCc1cc(OC)ccc1OC(F)F)NCc1nccn1CC(C)C. The van der Waals surface area contributed by atoms with Gasteiger partial charge in [0.2, 0.25) is 0 Å². The molecule has 0 fully saturated rings. The molecular formula is C19H27F2N5O2. The van der Waals surface area contributed by atoms with Gasteiger partial charge in [-0.3, -0.25) is 4.99 Å². The van der Waals surface area contributed by atoms with E-state index in [1.807, 2.05) is 6.20 Å². The Labute approximate surface area is 163 Å². The van der Waals surface area contributed by atoms with Crippen LogP contribution in [0, 0.1) is 5.92 Å². The minimum atomic E-state index is -2.90. The van der Waals surface area contributed by atoms with Crippen molar-refractivity contribution in [2.75, 3.05) is 14.2 Å². The quantitative estimate of drug-likeness (QED) is 0.504. The molecule has 2 aromatic rings. The molecule has 0 bridgehead atoms. The van der Waals surface area contributed by atoms with Crippen LogP contribution < -0.4 is 20.1 Å².